The quantitative estimate of drug-likeness (QED) is 0.710. The Morgan fingerprint density at radius 3 is 2.89 bits per heavy atom. The van der Waals surface area contributed by atoms with E-state index in [9.17, 15) is 4.79 Å². The predicted molar refractivity (Wildman–Crippen MR) is 111 cm³/mol. The molecule has 3 aromatic rings. The molecule has 0 unspecified atom stereocenters. The molecule has 0 aliphatic carbocycles. The number of rotatable bonds is 5. The highest BCUT2D eigenvalue weighted by atomic mass is 35.5. The maximum Gasteiger partial charge on any atom is 0.255 e. The smallest absolute Gasteiger partial charge is 0.255 e. The molecule has 0 atom stereocenters. The Kier molecular flexibility index (Phi) is 5.55. The van der Waals surface area contributed by atoms with E-state index in [4.69, 9.17) is 11.6 Å². The maximum absolute atomic E-state index is 12.4. The molecule has 6 heteroatoms. The number of halogens is 1. The largest absolute Gasteiger partial charge is 0.310 e. The van der Waals surface area contributed by atoms with E-state index in [2.05, 4.69) is 32.8 Å². The Morgan fingerprint density at radius 1 is 1.25 bits per heavy atom. The van der Waals surface area contributed by atoms with Crippen LogP contribution in [-0.2, 0) is 25.9 Å². The van der Waals surface area contributed by atoms with Crippen molar-refractivity contribution in [2.24, 2.45) is 0 Å². The monoisotopic (exact) mass is 394 g/mol. The van der Waals surface area contributed by atoms with Crippen LogP contribution in [0.2, 0.25) is 5.02 Å². The van der Waals surface area contributed by atoms with Crippen LogP contribution in [0.25, 0.3) is 11.3 Å². The van der Waals surface area contributed by atoms with Gasteiger partial charge >= 0.3 is 0 Å². The lowest BCUT2D eigenvalue weighted by Gasteiger charge is -2.27. The van der Waals surface area contributed by atoms with Crippen molar-refractivity contribution in [3.05, 3.63) is 80.6 Å². The van der Waals surface area contributed by atoms with E-state index in [-0.39, 0.29) is 5.56 Å². The summed E-state index contributed by atoms with van der Waals surface area (Å²) in [6.45, 7) is 4.37. The van der Waals surface area contributed by atoms with Crippen LogP contribution in [0.5, 0.6) is 0 Å². The van der Waals surface area contributed by atoms with Crippen molar-refractivity contribution in [1.82, 2.24) is 19.9 Å². The van der Waals surface area contributed by atoms with Crippen LogP contribution in [0.3, 0.4) is 0 Å². The lowest BCUT2D eigenvalue weighted by molar-refractivity contribution is 0.241. The molecule has 1 aliphatic heterocycles. The van der Waals surface area contributed by atoms with E-state index in [0.717, 1.165) is 66.3 Å². The van der Waals surface area contributed by atoms with Gasteiger partial charge in [-0.05, 0) is 30.2 Å². The number of aromatic amines is 1. The van der Waals surface area contributed by atoms with Crippen molar-refractivity contribution in [2.45, 2.75) is 39.3 Å². The normalized spacial score (nSPS) is 14.1. The first-order chi connectivity index (χ1) is 13.6. The van der Waals surface area contributed by atoms with Gasteiger partial charge in [-0.15, -0.1) is 0 Å². The van der Waals surface area contributed by atoms with E-state index in [0.29, 0.717) is 11.6 Å². The van der Waals surface area contributed by atoms with Crippen molar-refractivity contribution in [3.8, 4) is 11.3 Å². The van der Waals surface area contributed by atoms with Crippen LogP contribution < -0.4 is 5.56 Å². The molecule has 1 aliphatic rings. The molecule has 1 aromatic carbocycles. The fourth-order valence-corrected chi connectivity index (χ4v) is 3.81. The second kappa shape index (κ2) is 8.25. The lowest BCUT2D eigenvalue weighted by Crippen LogP contribution is -2.35. The molecule has 28 heavy (non-hydrogen) atoms. The molecule has 0 saturated carbocycles. The van der Waals surface area contributed by atoms with Crippen molar-refractivity contribution >= 4 is 11.6 Å². The van der Waals surface area contributed by atoms with Crippen molar-refractivity contribution in [3.63, 3.8) is 0 Å². The Balaban J connectivity index is 1.46. The number of hydrogen-bond acceptors (Lipinski definition) is 4. The fraction of sp³-hybridized carbons (Fsp3) is 0.318. The van der Waals surface area contributed by atoms with Gasteiger partial charge in [-0.1, -0.05) is 36.7 Å². The number of nitrogens with one attached hydrogen (secondary N) is 1. The third-order valence-corrected chi connectivity index (χ3v) is 5.27. The second-order valence-electron chi connectivity index (χ2n) is 7.21. The molecule has 144 valence electrons. The summed E-state index contributed by atoms with van der Waals surface area (Å²) in [6.07, 6.45) is 4.51. The van der Waals surface area contributed by atoms with Crippen LogP contribution in [0.4, 0.5) is 0 Å². The van der Waals surface area contributed by atoms with Gasteiger partial charge in [0, 0.05) is 49.3 Å². The van der Waals surface area contributed by atoms with Gasteiger partial charge in [0.25, 0.3) is 5.56 Å². The van der Waals surface area contributed by atoms with E-state index in [1.54, 1.807) is 0 Å². The standard InChI is InChI=1S/C22H23ClN4O/c1-2-4-21-25-20-9-10-27(14-18(20)22(28)26-21)13-15-7-8-19(24-12-15)16-5-3-6-17(23)11-16/h3,5-8,11-12H,2,4,9-10,13-14H2,1H3,(H,25,26,28). The number of benzene rings is 1. The molecule has 0 radical (unpaired) electrons. The van der Waals surface area contributed by atoms with Crippen LogP contribution >= 0.6 is 11.6 Å². The first-order valence-electron chi connectivity index (χ1n) is 9.66. The number of nitrogens with zero attached hydrogens (tertiary/aromatic N) is 3. The summed E-state index contributed by atoms with van der Waals surface area (Å²) >= 11 is 6.07. The van der Waals surface area contributed by atoms with Crippen LogP contribution in [0.1, 0.15) is 36.0 Å². The summed E-state index contributed by atoms with van der Waals surface area (Å²) in [5.74, 6) is 0.806. The van der Waals surface area contributed by atoms with Gasteiger partial charge in [-0.25, -0.2) is 4.98 Å². The van der Waals surface area contributed by atoms with Crippen molar-refractivity contribution in [2.75, 3.05) is 6.54 Å². The van der Waals surface area contributed by atoms with E-state index < -0.39 is 0 Å². The number of fused-ring (bicyclic) bond motifs is 1. The Morgan fingerprint density at radius 2 is 2.14 bits per heavy atom. The Labute approximate surface area is 169 Å². The third-order valence-electron chi connectivity index (χ3n) is 5.03. The molecular weight excluding hydrogens is 372 g/mol. The molecule has 0 amide bonds. The van der Waals surface area contributed by atoms with Crippen LogP contribution in [0, 0.1) is 0 Å². The highest BCUT2D eigenvalue weighted by Crippen LogP contribution is 2.22. The molecule has 0 saturated heterocycles. The minimum atomic E-state index is 0.00702. The van der Waals surface area contributed by atoms with E-state index in [1.807, 2.05) is 36.5 Å². The average molecular weight is 395 g/mol. The molecule has 0 bridgehead atoms. The van der Waals surface area contributed by atoms with E-state index >= 15 is 0 Å². The number of pyridine rings is 1. The van der Waals surface area contributed by atoms with Gasteiger partial charge in [-0.2, -0.15) is 0 Å². The SMILES string of the molecule is CCCc1nc2c(c(=O)[nH]1)CN(Cc1ccc(-c3cccc(Cl)c3)nc1)CC2. The zero-order chi connectivity index (χ0) is 19.5. The Bertz CT molecular complexity index is 1030. The molecule has 3 heterocycles. The average Bonchev–Trinajstić information content (AvgIpc) is 2.69. The zero-order valence-corrected chi connectivity index (χ0v) is 16.7. The summed E-state index contributed by atoms with van der Waals surface area (Å²) in [5.41, 5.74) is 4.80. The second-order valence-corrected chi connectivity index (χ2v) is 7.65. The summed E-state index contributed by atoms with van der Waals surface area (Å²) in [7, 11) is 0. The van der Waals surface area contributed by atoms with Crippen LogP contribution in [-0.4, -0.2) is 26.4 Å². The first kappa shape index (κ1) is 18.8. The first-order valence-corrected chi connectivity index (χ1v) is 10.0. The maximum atomic E-state index is 12.4. The van der Waals surface area contributed by atoms with Gasteiger partial charge in [0.1, 0.15) is 5.82 Å². The predicted octanol–water partition coefficient (Wildman–Crippen LogP) is 4.00. The summed E-state index contributed by atoms with van der Waals surface area (Å²) in [6, 6.07) is 11.8. The molecule has 4 rings (SSSR count). The van der Waals surface area contributed by atoms with Gasteiger partial charge in [0.15, 0.2) is 0 Å². The molecular formula is C22H23ClN4O. The summed E-state index contributed by atoms with van der Waals surface area (Å²) in [4.78, 5) is 26.9. The van der Waals surface area contributed by atoms with Crippen molar-refractivity contribution in [1.29, 1.82) is 0 Å². The lowest BCUT2D eigenvalue weighted by atomic mass is 10.1. The highest BCUT2D eigenvalue weighted by Gasteiger charge is 2.21. The molecule has 2 aromatic heterocycles. The number of aryl methyl sites for hydroxylation is 1. The Hall–Kier alpha value is -2.50. The number of H-pyrrole nitrogens is 1. The molecule has 0 spiro atoms. The topological polar surface area (TPSA) is 61.9 Å². The van der Waals surface area contributed by atoms with Crippen LogP contribution in [0.15, 0.2) is 47.4 Å². The number of hydrogen-bond donors (Lipinski definition) is 1. The molecule has 0 fully saturated rings. The van der Waals surface area contributed by atoms with E-state index in [1.165, 1.54) is 0 Å². The molecule has 5 nitrogen and oxygen atoms in total. The van der Waals surface area contributed by atoms with Gasteiger partial charge in [0.2, 0.25) is 0 Å². The van der Waals surface area contributed by atoms with Gasteiger partial charge in [-0.3, -0.25) is 14.7 Å². The zero-order valence-electron chi connectivity index (χ0n) is 15.9. The fourth-order valence-electron chi connectivity index (χ4n) is 3.62. The van der Waals surface area contributed by atoms with Crippen molar-refractivity contribution < 1.29 is 0 Å². The summed E-state index contributed by atoms with van der Waals surface area (Å²) in [5, 5.41) is 0.705. The van der Waals surface area contributed by atoms with Gasteiger partial charge in [0.05, 0.1) is 17.0 Å². The summed E-state index contributed by atoms with van der Waals surface area (Å²) < 4.78 is 0. The van der Waals surface area contributed by atoms with Gasteiger partial charge < -0.3 is 4.98 Å². The molecule has 1 N–H and O–H groups in total. The highest BCUT2D eigenvalue weighted by molar-refractivity contribution is 6.30. The number of aromatic nitrogens is 3. The minimum Gasteiger partial charge on any atom is -0.310 e. The third kappa shape index (κ3) is 4.16. The minimum absolute atomic E-state index is 0.00702.